The van der Waals surface area contributed by atoms with Crippen LogP contribution in [0.15, 0.2) is 29.2 Å². The van der Waals surface area contributed by atoms with Gasteiger partial charge in [-0.25, -0.2) is 0 Å². The summed E-state index contributed by atoms with van der Waals surface area (Å²) in [5.41, 5.74) is 1.74. The van der Waals surface area contributed by atoms with Gasteiger partial charge in [-0.1, -0.05) is 0 Å². The Bertz CT molecular complexity index is 418. The average Bonchev–Trinajstić information content (AvgIpc) is 2.47. The molecule has 0 amide bonds. The first kappa shape index (κ1) is 9.05. The van der Waals surface area contributed by atoms with Gasteiger partial charge in [0.15, 0.2) is 0 Å². The van der Waals surface area contributed by atoms with Crippen molar-refractivity contribution in [2.45, 2.75) is 26.2 Å². The summed E-state index contributed by atoms with van der Waals surface area (Å²) in [6, 6.07) is 9.11. The molecule has 0 atom stereocenters. The van der Waals surface area contributed by atoms with Crippen LogP contribution in [0.2, 0.25) is 0 Å². The number of hydrogen-bond donors (Lipinski definition) is 0. The van der Waals surface area contributed by atoms with Crippen molar-refractivity contribution < 1.29 is 0 Å². The van der Waals surface area contributed by atoms with Gasteiger partial charge < -0.3 is 0 Å². The Morgan fingerprint density at radius 3 is 2.54 bits per heavy atom. The van der Waals surface area contributed by atoms with Crippen LogP contribution in [0.25, 0.3) is 9.65 Å². The topological polar surface area (TPSA) is 0 Å². The predicted octanol–water partition coefficient (Wildman–Crippen LogP) is 3.19. The van der Waals surface area contributed by atoms with Gasteiger partial charge in [-0.05, 0) is 0 Å². The van der Waals surface area contributed by atoms with Crippen molar-refractivity contribution in [3.8, 4) is 0 Å². The van der Waals surface area contributed by atoms with E-state index in [0.717, 1.165) is 0 Å². The van der Waals surface area contributed by atoms with Gasteiger partial charge in [0.25, 0.3) is 0 Å². The van der Waals surface area contributed by atoms with Crippen LogP contribution in [0.1, 0.15) is 26.3 Å². The van der Waals surface area contributed by atoms with E-state index in [9.17, 15) is 0 Å². The molecule has 1 heterocycles. The molecular weight excluding hydrogens is 223 g/mol. The fourth-order valence-corrected chi connectivity index (χ4v) is 3.16. The zero-order valence-corrected chi connectivity index (χ0v) is 10.0. The van der Waals surface area contributed by atoms with Crippen molar-refractivity contribution in [1.82, 2.24) is 0 Å². The molecule has 0 N–H and O–H groups in total. The first-order chi connectivity index (χ1) is 6.07. The van der Waals surface area contributed by atoms with Gasteiger partial charge >= 0.3 is 85.1 Å². The molecule has 68 valence electrons. The SMILES string of the molecule is CC(C)(C)c1ccc2cc[se]c2c1. The van der Waals surface area contributed by atoms with Crippen LogP contribution in [0, 0.1) is 0 Å². The summed E-state index contributed by atoms with van der Waals surface area (Å²) < 4.78 is 1.54. The quantitative estimate of drug-likeness (QED) is 0.617. The van der Waals surface area contributed by atoms with Crippen molar-refractivity contribution in [2.24, 2.45) is 0 Å². The number of benzene rings is 1. The second-order valence-corrected chi connectivity index (χ2v) is 6.41. The molecule has 1 heteroatoms. The Labute approximate surface area is 85.3 Å². The van der Waals surface area contributed by atoms with Gasteiger partial charge in [0.05, 0.1) is 0 Å². The molecule has 0 spiro atoms. The maximum atomic E-state index is 2.37. The molecule has 0 nitrogen and oxygen atoms in total. The summed E-state index contributed by atoms with van der Waals surface area (Å²) >= 11 is 0.580. The number of hydrogen-bond acceptors (Lipinski definition) is 0. The minimum atomic E-state index is 0.285. The first-order valence-electron chi connectivity index (χ1n) is 4.55. The first-order valence-corrected chi connectivity index (χ1v) is 6.40. The maximum absolute atomic E-state index is 2.37. The van der Waals surface area contributed by atoms with Crippen molar-refractivity contribution in [2.75, 3.05) is 0 Å². The normalized spacial score (nSPS) is 12.2. The zero-order valence-electron chi connectivity index (χ0n) is 8.29. The van der Waals surface area contributed by atoms with Crippen LogP contribution in [0.3, 0.4) is 0 Å². The van der Waals surface area contributed by atoms with E-state index in [2.05, 4.69) is 50.0 Å². The van der Waals surface area contributed by atoms with E-state index >= 15 is 0 Å². The van der Waals surface area contributed by atoms with Gasteiger partial charge in [-0.15, -0.1) is 0 Å². The van der Waals surface area contributed by atoms with Crippen LogP contribution >= 0.6 is 0 Å². The molecule has 0 aliphatic carbocycles. The molecule has 0 aliphatic rings. The summed E-state index contributed by atoms with van der Waals surface area (Å²) in [4.78, 5) is 2.30. The van der Waals surface area contributed by atoms with E-state index < -0.39 is 0 Å². The van der Waals surface area contributed by atoms with Gasteiger partial charge in [-0.3, -0.25) is 0 Å². The fourth-order valence-electron chi connectivity index (χ4n) is 1.42. The molecular formula is C12H14Se. The van der Waals surface area contributed by atoms with Gasteiger partial charge in [0, 0.05) is 0 Å². The summed E-state index contributed by atoms with van der Waals surface area (Å²) in [5.74, 6) is 0. The summed E-state index contributed by atoms with van der Waals surface area (Å²) in [5, 5.41) is 1.42. The van der Waals surface area contributed by atoms with E-state index in [-0.39, 0.29) is 5.41 Å². The van der Waals surface area contributed by atoms with Crippen LogP contribution in [-0.2, 0) is 5.41 Å². The molecule has 13 heavy (non-hydrogen) atoms. The third kappa shape index (κ3) is 1.72. The molecule has 0 bridgehead atoms. The average molecular weight is 237 g/mol. The van der Waals surface area contributed by atoms with Crippen LogP contribution in [0.4, 0.5) is 0 Å². The van der Waals surface area contributed by atoms with E-state index in [4.69, 9.17) is 0 Å². The monoisotopic (exact) mass is 238 g/mol. The Kier molecular flexibility index (Phi) is 2.09. The molecule has 0 aliphatic heterocycles. The Hall–Kier alpha value is -0.521. The summed E-state index contributed by atoms with van der Waals surface area (Å²) in [6.45, 7) is 6.80. The fraction of sp³-hybridized carbons (Fsp3) is 0.333. The standard InChI is InChI=1S/C12H14Se/c1-12(2,3)10-5-4-9-6-7-13-11(9)8-10/h4-8H,1-3H3. The minimum absolute atomic E-state index is 0.285. The van der Waals surface area contributed by atoms with Gasteiger partial charge in [0.2, 0.25) is 0 Å². The third-order valence-electron chi connectivity index (χ3n) is 2.32. The van der Waals surface area contributed by atoms with Crippen molar-refractivity contribution in [1.29, 1.82) is 0 Å². The Balaban J connectivity index is 2.61. The van der Waals surface area contributed by atoms with Crippen LogP contribution in [-0.4, -0.2) is 14.5 Å². The van der Waals surface area contributed by atoms with Crippen molar-refractivity contribution >= 4 is 24.1 Å². The summed E-state index contributed by atoms with van der Waals surface area (Å²) in [7, 11) is 0. The Morgan fingerprint density at radius 1 is 1.08 bits per heavy atom. The van der Waals surface area contributed by atoms with Crippen LogP contribution < -0.4 is 0 Å². The molecule has 1 aromatic carbocycles. The number of fused-ring (bicyclic) bond motifs is 1. The van der Waals surface area contributed by atoms with Gasteiger partial charge in [-0.2, -0.15) is 0 Å². The molecule has 0 saturated carbocycles. The van der Waals surface area contributed by atoms with E-state index in [1.165, 1.54) is 10.9 Å². The van der Waals surface area contributed by atoms with E-state index in [0.29, 0.717) is 14.5 Å². The molecule has 0 saturated heterocycles. The van der Waals surface area contributed by atoms with Crippen molar-refractivity contribution in [3.05, 3.63) is 34.8 Å². The van der Waals surface area contributed by atoms with E-state index in [1.807, 2.05) is 0 Å². The molecule has 2 aromatic rings. The molecule has 1 aromatic heterocycles. The molecule has 2 rings (SSSR count). The second-order valence-electron chi connectivity index (χ2n) is 4.42. The zero-order chi connectivity index (χ0) is 9.47. The predicted molar refractivity (Wildman–Crippen MR) is 59.6 cm³/mol. The molecule has 0 radical (unpaired) electrons. The summed E-state index contributed by atoms with van der Waals surface area (Å²) in [6.07, 6.45) is 0. The molecule has 0 fully saturated rings. The van der Waals surface area contributed by atoms with E-state index in [1.54, 1.807) is 4.26 Å². The molecule has 0 unspecified atom stereocenters. The third-order valence-corrected chi connectivity index (χ3v) is 4.17. The number of rotatable bonds is 0. The van der Waals surface area contributed by atoms with Gasteiger partial charge in [0.1, 0.15) is 0 Å². The van der Waals surface area contributed by atoms with Crippen LogP contribution in [0.5, 0.6) is 0 Å². The van der Waals surface area contributed by atoms with Crippen molar-refractivity contribution in [3.63, 3.8) is 0 Å². The second kappa shape index (κ2) is 3.01. The Morgan fingerprint density at radius 2 is 1.85 bits per heavy atom.